The normalized spacial score (nSPS) is 21.8. The first-order valence-corrected chi connectivity index (χ1v) is 10.8. The summed E-state index contributed by atoms with van der Waals surface area (Å²) >= 11 is 0. The van der Waals surface area contributed by atoms with Crippen molar-refractivity contribution in [3.63, 3.8) is 0 Å². The number of guanidine groups is 1. The molecule has 6 nitrogen and oxygen atoms in total. The van der Waals surface area contributed by atoms with Crippen LogP contribution >= 0.6 is 0 Å². The number of methoxy groups -OCH3 is 1. The number of rotatable bonds is 7. The molecule has 0 spiro atoms. The molecule has 0 saturated carbocycles. The molecule has 0 amide bonds. The summed E-state index contributed by atoms with van der Waals surface area (Å²) in [5.74, 6) is 2.51. The number of anilines is 1. The van der Waals surface area contributed by atoms with Gasteiger partial charge in [0.05, 0.1) is 7.11 Å². The summed E-state index contributed by atoms with van der Waals surface area (Å²) in [4.78, 5) is 9.47. The number of hydrogen-bond donors (Lipinski definition) is 2. The van der Waals surface area contributed by atoms with Crippen LogP contribution in [0.3, 0.4) is 0 Å². The Bertz CT molecular complexity index is 627. The fourth-order valence-corrected chi connectivity index (χ4v) is 4.29. The number of ether oxygens (including phenoxy) is 1. The standard InChI is InChI=1S/C22H37N5O/c1-4-11-26-12-9-19(10-13-26)25-22(23-2)24-16-18-8-14-27(17-18)20-6-5-7-21(15-20)28-3/h5-7,15,18-19H,4,8-14,16-17H2,1-3H3,(H2,23,24,25). The molecule has 156 valence electrons. The minimum absolute atomic E-state index is 0.538. The van der Waals surface area contributed by atoms with Crippen molar-refractivity contribution in [3.8, 4) is 5.75 Å². The van der Waals surface area contributed by atoms with Crippen LogP contribution in [0.4, 0.5) is 5.69 Å². The highest BCUT2D eigenvalue weighted by Crippen LogP contribution is 2.26. The van der Waals surface area contributed by atoms with Gasteiger partial charge in [-0.25, -0.2) is 0 Å². The third kappa shape index (κ3) is 5.77. The van der Waals surface area contributed by atoms with Gasteiger partial charge in [0, 0.05) is 57.6 Å². The molecule has 0 radical (unpaired) electrons. The van der Waals surface area contributed by atoms with Gasteiger partial charge in [-0.15, -0.1) is 0 Å². The lowest BCUT2D eigenvalue weighted by molar-refractivity contribution is 0.206. The van der Waals surface area contributed by atoms with Crippen molar-refractivity contribution >= 4 is 11.6 Å². The van der Waals surface area contributed by atoms with E-state index in [0.717, 1.165) is 31.3 Å². The largest absolute Gasteiger partial charge is 0.497 e. The van der Waals surface area contributed by atoms with Crippen LogP contribution in [-0.2, 0) is 0 Å². The molecular weight excluding hydrogens is 350 g/mol. The maximum Gasteiger partial charge on any atom is 0.191 e. The van der Waals surface area contributed by atoms with Gasteiger partial charge < -0.3 is 25.2 Å². The highest BCUT2D eigenvalue weighted by molar-refractivity contribution is 5.80. The Morgan fingerprint density at radius 1 is 1.21 bits per heavy atom. The van der Waals surface area contributed by atoms with Crippen LogP contribution in [0.1, 0.15) is 32.6 Å². The Morgan fingerprint density at radius 3 is 2.75 bits per heavy atom. The van der Waals surface area contributed by atoms with Crippen molar-refractivity contribution < 1.29 is 4.74 Å². The topological polar surface area (TPSA) is 52.1 Å². The Morgan fingerprint density at radius 2 is 2.04 bits per heavy atom. The van der Waals surface area contributed by atoms with Gasteiger partial charge in [0.15, 0.2) is 5.96 Å². The van der Waals surface area contributed by atoms with E-state index in [1.807, 2.05) is 13.1 Å². The van der Waals surface area contributed by atoms with Crippen LogP contribution < -0.4 is 20.3 Å². The minimum atomic E-state index is 0.538. The molecule has 28 heavy (non-hydrogen) atoms. The van der Waals surface area contributed by atoms with Gasteiger partial charge >= 0.3 is 0 Å². The maximum atomic E-state index is 5.36. The summed E-state index contributed by atoms with van der Waals surface area (Å²) in [5.41, 5.74) is 1.25. The Labute approximate surface area is 170 Å². The summed E-state index contributed by atoms with van der Waals surface area (Å²) in [5, 5.41) is 7.20. The second kappa shape index (κ2) is 10.6. The number of likely N-dealkylation sites (tertiary alicyclic amines) is 1. The quantitative estimate of drug-likeness (QED) is 0.556. The Kier molecular flexibility index (Phi) is 7.83. The van der Waals surface area contributed by atoms with Crippen molar-refractivity contribution in [1.82, 2.24) is 15.5 Å². The molecule has 1 unspecified atom stereocenters. The minimum Gasteiger partial charge on any atom is -0.497 e. The molecule has 1 atom stereocenters. The number of benzene rings is 1. The lowest BCUT2D eigenvalue weighted by Crippen LogP contribution is -2.49. The fourth-order valence-electron chi connectivity index (χ4n) is 4.29. The first-order chi connectivity index (χ1) is 13.7. The number of aliphatic imine (C=N–C) groups is 1. The molecule has 1 aromatic rings. The van der Waals surface area contributed by atoms with Crippen LogP contribution in [0.25, 0.3) is 0 Å². The van der Waals surface area contributed by atoms with Crippen molar-refractivity contribution in [2.24, 2.45) is 10.9 Å². The van der Waals surface area contributed by atoms with Crippen molar-refractivity contribution in [3.05, 3.63) is 24.3 Å². The smallest absolute Gasteiger partial charge is 0.191 e. The van der Waals surface area contributed by atoms with Crippen molar-refractivity contribution in [1.29, 1.82) is 0 Å². The second-order valence-electron chi connectivity index (χ2n) is 8.02. The van der Waals surface area contributed by atoms with E-state index in [-0.39, 0.29) is 0 Å². The predicted molar refractivity (Wildman–Crippen MR) is 118 cm³/mol. The molecule has 0 aliphatic carbocycles. The highest BCUT2D eigenvalue weighted by atomic mass is 16.5. The lowest BCUT2D eigenvalue weighted by Gasteiger charge is -2.33. The molecule has 2 N–H and O–H groups in total. The van der Waals surface area contributed by atoms with E-state index in [4.69, 9.17) is 4.74 Å². The van der Waals surface area contributed by atoms with E-state index in [1.54, 1.807) is 7.11 Å². The van der Waals surface area contributed by atoms with Crippen molar-refractivity contribution in [2.45, 2.75) is 38.6 Å². The molecule has 2 fully saturated rings. The van der Waals surface area contributed by atoms with E-state index in [9.17, 15) is 0 Å². The average Bonchev–Trinajstić information content (AvgIpc) is 3.22. The molecule has 0 bridgehead atoms. The zero-order chi connectivity index (χ0) is 19.8. The Hall–Kier alpha value is -1.95. The molecular formula is C22H37N5O. The number of nitrogens with one attached hydrogen (secondary N) is 2. The lowest BCUT2D eigenvalue weighted by atomic mass is 10.1. The third-order valence-electron chi connectivity index (χ3n) is 5.95. The summed E-state index contributed by atoms with van der Waals surface area (Å²) < 4.78 is 5.36. The number of nitrogens with zero attached hydrogens (tertiary/aromatic N) is 3. The third-order valence-corrected chi connectivity index (χ3v) is 5.95. The molecule has 1 aromatic carbocycles. The van der Waals surface area contributed by atoms with E-state index < -0.39 is 0 Å². The Balaban J connectivity index is 1.41. The zero-order valence-corrected chi connectivity index (χ0v) is 17.8. The summed E-state index contributed by atoms with van der Waals surface area (Å²) in [6.07, 6.45) is 4.85. The molecule has 6 heteroatoms. The fraction of sp³-hybridized carbons (Fsp3) is 0.682. The van der Waals surface area contributed by atoms with Gasteiger partial charge in [-0.05, 0) is 50.3 Å². The second-order valence-corrected chi connectivity index (χ2v) is 8.02. The first-order valence-electron chi connectivity index (χ1n) is 10.8. The van der Waals surface area contributed by atoms with Crippen molar-refractivity contribution in [2.75, 3.05) is 58.3 Å². The summed E-state index contributed by atoms with van der Waals surface area (Å²) in [6.45, 7) is 9.02. The van der Waals surface area contributed by atoms with E-state index in [1.165, 1.54) is 51.0 Å². The van der Waals surface area contributed by atoms with E-state index >= 15 is 0 Å². The summed E-state index contributed by atoms with van der Waals surface area (Å²) in [7, 11) is 3.60. The molecule has 0 aromatic heterocycles. The molecule has 2 saturated heterocycles. The van der Waals surface area contributed by atoms with Crippen LogP contribution in [-0.4, -0.2) is 70.3 Å². The van der Waals surface area contributed by atoms with Gasteiger partial charge in [-0.2, -0.15) is 0 Å². The van der Waals surface area contributed by atoms with Gasteiger partial charge in [0.2, 0.25) is 0 Å². The first kappa shape index (κ1) is 20.8. The number of hydrogen-bond acceptors (Lipinski definition) is 4. The maximum absolute atomic E-state index is 5.36. The van der Waals surface area contributed by atoms with Gasteiger partial charge in [0.1, 0.15) is 5.75 Å². The molecule has 3 rings (SSSR count). The molecule has 2 aliphatic heterocycles. The SMILES string of the molecule is CCCN1CCC(NC(=NC)NCC2CCN(c3cccc(OC)c3)C2)CC1. The zero-order valence-electron chi connectivity index (χ0n) is 17.8. The number of piperidine rings is 1. The van der Waals surface area contributed by atoms with Crippen LogP contribution in [0, 0.1) is 5.92 Å². The summed E-state index contributed by atoms with van der Waals surface area (Å²) in [6, 6.07) is 8.90. The van der Waals surface area contributed by atoms with Crippen LogP contribution in [0.5, 0.6) is 5.75 Å². The van der Waals surface area contributed by atoms with Gasteiger partial charge in [0.25, 0.3) is 0 Å². The molecule has 2 heterocycles. The molecule has 2 aliphatic rings. The predicted octanol–water partition coefficient (Wildman–Crippen LogP) is 2.56. The van der Waals surface area contributed by atoms with E-state index in [2.05, 4.69) is 50.5 Å². The van der Waals surface area contributed by atoms with E-state index in [0.29, 0.717) is 12.0 Å². The highest BCUT2D eigenvalue weighted by Gasteiger charge is 2.24. The monoisotopic (exact) mass is 387 g/mol. The van der Waals surface area contributed by atoms with Gasteiger partial charge in [-0.3, -0.25) is 4.99 Å². The van der Waals surface area contributed by atoms with Crippen LogP contribution in [0.15, 0.2) is 29.3 Å². The van der Waals surface area contributed by atoms with Crippen LogP contribution in [0.2, 0.25) is 0 Å². The average molecular weight is 388 g/mol. The van der Waals surface area contributed by atoms with Gasteiger partial charge in [-0.1, -0.05) is 13.0 Å².